The van der Waals surface area contributed by atoms with Crippen LogP contribution in [0.5, 0.6) is 0 Å². The van der Waals surface area contributed by atoms with Crippen LogP contribution in [0.3, 0.4) is 0 Å². The third kappa shape index (κ3) is 2.20. The molecule has 4 nitrogen and oxygen atoms in total. The Kier molecular flexibility index (Phi) is 3.28. The molecule has 100 valence electrons. The van der Waals surface area contributed by atoms with Gasteiger partial charge in [0.1, 0.15) is 5.82 Å². The van der Waals surface area contributed by atoms with Crippen molar-refractivity contribution in [2.24, 2.45) is 0 Å². The maximum atomic E-state index is 5.96. The highest BCUT2D eigenvalue weighted by Crippen LogP contribution is 2.28. The fraction of sp³-hybridized carbons (Fsp3) is 0.0667. The topological polar surface area (TPSA) is 56.7 Å². The van der Waals surface area contributed by atoms with Crippen LogP contribution < -0.4 is 5.73 Å². The van der Waals surface area contributed by atoms with Gasteiger partial charge in [-0.2, -0.15) is 0 Å². The number of imidazole rings is 1. The molecule has 3 rings (SSSR count). The average Bonchev–Trinajstić information content (AvgIpc) is 2.88. The van der Waals surface area contributed by atoms with Crippen molar-refractivity contribution in [3.8, 4) is 16.9 Å². The van der Waals surface area contributed by atoms with Crippen molar-refractivity contribution in [3.63, 3.8) is 0 Å². The van der Waals surface area contributed by atoms with Gasteiger partial charge in [0.2, 0.25) is 0 Å². The standard InChI is InChI=1S/C15H13BrN4/c1-10-7-11(16)4-5-13(10)20-9-18-8-14(20)12-3-2-6-19-15(12)17/h2-9H,1H3,(H2,17,19). The van der Waals surface area contributed by atoms with E-state index >= 15 is 0 Å². The Morgan fingerprint density at radius 2 is 2.10 bits per heavy atom. The Labute approximate surface area is 125 Å². The van der Waals surface area contributed by atoms with E-state index in [1.807, 2.05) is 22.8 Å². The number of nitrogen functional groups attached to an aromatic ring is 1. The first-order chi connectivity index (χ1) is 9.66. The molecule has 0 spiro atoms. The van der Waals surface area contributed by atoms with Crippen molar-refractivity contribution >= 4 is 21.7 Å². The Morgan fingerprint density at radius 1 is 1.25 bits per heavy atom. The van der Waals surface area contributed by atoms with Crippen LogP contribution in [0.15, 0.2) is 53.5 Å². The number of pyridine rings is 1. The number of benzene rings is 1. The van der Waals surface area contributed by atoms with Gasteiger partial charge in [-0.05, 0) is 42.8 Å². The summed E-state index contributed by atoms with van der Waals surface area (Å²) in [5, 5.41) is 0. The maximum Gasteiger partial charge on any atom is 0.132 e. The SMILES string of the molecule is Cc1cc(Br)ccc1-n1cncc1-c1cccnc1N. The highest BCUT2D eigenvalue weighted by molar-refractivity contribution is 9.10. The number of hydrogen-bond donors (Lipinski definition) is 1. The summed E-state index contributed by atoms with van der Waals surface area (Å²) in [6.45, 7) is 2.07. The Balaban J connectivity index is 2.18. The summed E-state index contributed by atoms with van der Waals surface area (Å²) in [5.41, 5.74) is 10.0. The third-order valence-electron chi connectivity index (χ3n) is 3.17. The van der Waals surface area contributed by atoms with Crippen LogP contribution in [0.4, 0.5) is 5.82 Å². The van der Waals surface area contributed by atoms with Crippen molar-refractivity contribution in [1.29, 1.82) is 0 Å². The molecule has 0 aliphatic carbocycles. The largest absolute Gasteiger partial charge is 0.383 e. The molecule has 0 aliphatic rings. The fourth-order valence-electron chi connectivity index (χ4n) is 2.21. The number of nitrogens with two attached hydrogens (primary N) is 1. The molecule has 0 aliphatic heterocycles. The van der Waals surface area contributed by atoms with Gasteiger partial charge in [-0.25, -0.2) is 9.97 Å². The van der Waals surface area contributed by atoms with E-state index in [2.05, 4.69) is 45.0 Å². The number of anilines is 1. The summed E-state index contributed by atoms with van der Waals surface area (Å²) >= 11 is 3.48. The minimum atomic E-state index is 0.504. The van der Waals surface area contributed by atoms with Crippen LogP contribution in [0, 0.1) is 6.92 Å². The normalized spacial score (nSPS) is 10.7. The summed E-state index contributed by atoms with van der Waals surface area (Å²) in [5.74, 6) is 0.504. The molecule has 2 N–H and O–H groups in total. The van der Waals surface area contributed by atoms with Crippen molar-refractivity contribution in [1.82, 2.24) is 14.5 Å². The summed E-state index contributed by atoms with van der Waals surface area (Å²) < 4.78 is 3.08. The maximum absolute atomic E-state index is 5.96. The van der Waals surface area contributed by atoms with E-state index in [-0.39, 0.29) is 0 Å². The van der Waals surface area contributed by atoms with Gasteiger partial charge in [-0.1, -0.05) is 15.9 Å². The average molecular weight is 329 g/mol. The molecule has 20 heavy (non-hydrogen) atoms. The molecule has 5 heteroatoms. The molecule has 0 atom stereocenters. The zero-order valence-electron chi connectivity index (χ0n) is 10.9. The first kappa shape index (κ1) is 12.9. The number of hydrogen-bond acceptors (Lipinski definition) is 3. The van der Waals surface area contributed by atoms with Crippen molar-refractivity contribution in [3.05, 3.63) is 59.1 Å². The second-order valence-corrected chi connectivity index (χ2v) is 5.43. The minimum Gasteiger partial charge on any atom is -0.383 e. The van der Waals surface area contributed by atoms with Gasteiger partial charge in [-0.15, -0.1) is 0 Å². The Bertz CT molecular complexity index is 764. The van der Waals surface area contributed by atoms with Crippen molar-refractivity contribution in [2.45, 2.75) is 6.92 Å². The lowest BCUT2D eigenvalue weighted by Crippen LogP contribution is -2.00. The van der Waals surface area contributed by atoms with Crippen LogP contribution in [-0.4, -0.2) is 14.5 Å². The van der Waals surface area contributed by atoms with Crippen LogP contribution in [0.25, 0.3) is 16.9 Å². The van der Waals surface area contributed by atoms with E-state index in [9.17, 15) is 0 Å². The van der Waals surface area contributed by atoms with E-state index in [1.54, 1.807) is 18.7 Å². The number of nitrogens with zero attached hydrogens (tertiary/aromatic N) is 3. The van der Waals surface area contributed by atoms with Gasteiger partial charge < -0.3 is 5.73 Å². The van der Waals surface area contributed by atoms with Crippen molar-refractivity contribution in [2.75, 3.05) is 5.73 Å². The first-order valence-electron chi connectivity index (χ1n) is 6.16. The van der Waals surface area contributed by atoms with Crippen LogP contribution in [-0.2, 0) is 0 Å². The van der Waals surface area contributed by atoms with E-state index in [1.165, 1.54) is 0 Å². The second kappa shape index (κ2) is 5.09. The summed E-state index contributed by atoms with van der Waals surface area (Å²) in [7, 11) is 0. The molecule has 3 aromatic rings. The van der Waals surface area contributed by atoms with Crippen LogP contribution in [0.1, 0.15) is 5.56 Å². The zero-order valence-corrected chi connectivity index (χ0v) is 12.5. The van der Waals surface area contributed by atoms with E-state index in [0.717, 1.165) is 27.0 Å². The van der Waals surface area contributed by atoms with Crippen LogP contribution in [0.2, 0.25) is 0 Å². The molecule has 0 bridgehead atoms. The number of aryl methyl sites for hydroxylation is 1. The lowest BCUT2D eigenvalue weighted by molar-refractivity contribution is 1.04. The monoisotopic (exact) mass is 328 g/mol. The molecule has 2 aromatic heterocycles. The highest BCUT2D eigenvalue weighted by atomic mass is 79.9. The third-order valence-corrected chi connectivity index (χ3v) is 3.66. The Hall–Kier alpha value is -2.14. The molecule has 0 unspecified atom stereocenters. The Morgan fingerprint density at radius 3 is 2.85 bits per heavy atom. The van der Waals surface area contributed by atoms with Gasteiger partial charge in [0, 0.05) is 16.2 Å². The molecular weight excluding hydrogens is 316 g/mol. The van der Waals surface area contributed by atoms with Gasteiger partial charge in [-0.3, -0.25) is 4.57 Å². The molecule has 0 saturated carbocycles. The van der Waals surface area contributed by atoms with E-state index < -0.39 is 0 Å². The summed E-state index contributed by atoms with van der Waals surface area (Å²) in [6.07, 6.45) is 5.28. The van der Waals surface area contributed by atoms with Crippen LogP contribution >= 0.6 is 15.9 Å². The second-order valence-electron chi connectivity index (χ2n) is 4.52. The van der Waals surface area contributed by atoms with Gasteiger partial charge in [0.15, 0.2) is 0 Å². The zero-order chi connectivity index (χ0) is 14.1. The molecule has 0 radical (unpaired) electrons. The lowest BCUT2D eigenvalue weighted by atomic mass is 10.1. The predicted octanol–water partition coefficient (Wildman–Crippen LogP) is 3.59. The number of halogens is 1. The van der Waals surface area contributed by atoms with Gasteiger partial charge in [0.25, 0.3) is 0 Å². The number of aromatic nitrogens is 3. The van der Waals surface area contributed by atoms with Crippen molar-refractivity contribution < 1.29 is 0 Å². The fourth-order valence-corrected chi connectivity index (χ4v) is 2.69. The molecule has 2 heterocycles. The smallest absolute Gasteiger partial charge is 0.132 e. The minimum absolute atomic E-state index is 0.504. The molecule has 0 saturated heterocycles. The van der Waals surface area contributed by atoms with Gasteiger partial charge in [0.05, 0.1) is 23.9 Å². The van der Waals surface area contributed by atoms with E-state index in [4.69, 9.17) is 5.73 Å². The number of rotatable bonds is 2. The molecular formula is C15H13BrN4. The van der Waals surface area contributed by atoms with Gasteiger partial charge >= 0.3 is 0 Å². The molecule has 0 amide bonds. The first-order valence-corrected chi connectivity index (χ1v) is 6.96. The van der Waals surface area contributed by atoms with E-state index in [0.29, 0.717) is 5.82 Å². The quantitative estimate of drug-likeness (QED) is 0.782. The lowest BCUT2D eigenvalue weighted by Gasteiger charge is -2.12. The molecule has 0 fully saturated rings. The highest BCUT2D eigenvalue weighted by Gasteiger charge is 2.11. The summed E-state index contributed by atoms with van der Waals surface area (Å²) in [4.78, 5) is 8.38. The molecule has 1 aromatic carbocycles. The predicted molar refractivity (Wildman–Crippen MR) is 83.6 cm³/mol. The summed E-state index contributed by atoms with van der Waals surface area (Å²) in [6, 6.07) is 9.96.